The molecule has 2 aromatic rings. The van der Waals surface area contributed by atoms with E-state index in [9.17, 15) is 4.79 Å². The third kappa shape index (κ3) is 3.38. The number of nitrogens with zero attached hydrogens (tertiary/aromatic N) is 3. The van der Waals surface area contributed by atoms with Crippen LogP contribution < -0.4 is 10.2 Å². The molecule has 3 heterocycles. The quantitative estimate of drug-likeness (QED) is 0.837. The minimum Gasteiger partial charge on any atom is -0.356 e. The third-order valence-electron chi connectivity index (χ3n) is 4.81. The van der Waals surface area contributed by atoms with Crippen LogP contribution in [0.5, 0.6) is 0 Å². The topological polar surface area (TPSA) is 58.1 Å². The Bertz CT molecular complexity index is 719. The van der Waals surface area contributed by atoms with E-state index in [0.29, 0.717) is 0 Å². The average molecular weight is 347 g/mol. The number of thiophene rings is 1. The zero-order valence-corrected chi connectivity index (χ0v) is 15.6. The second kappa shape index (κ2) is 7.47. The van der Waals surface area contributed by atoms with Gasteiger partial charge in [0.15, 0.2) is 0 Å². The minimum atomic E-state index is 0.0159. The highest BCUT2D eigenvalue weighted by Gasteiger charge is 2.23. The number of unbranched alkanes of at least 4 members (excludes halogenated alkanes) is 1. The highest BCUT2D eigenvalue weighted by molar-refractivity contribution is 7.20. The van der Waals surface area contributed by atoms with Crippen molar-refractivity contribution in [1.82, 2.24) is 15.3 Å². The molecule has 130 valence electrons. The summed E-state index contributed by atoms with van der Waals surface area (Å²) in [5.74, 6) is 1.79. The molecule has 6 heteroatoms. The van der Waals surface area contributed by atoms with Crippen molar-refractivity contribution in [2.75, 3.05) is 24.5 Å². The minimum absolute atomic E-state index is 0.0159. The number of fused-ring (bicyclic) bond motifs is 1. The third-order valence-corrected chi connectivity index (χ3v) is 6.01. The molecular weight excluding hydrogens is 320 g/mol. The van der Waals surface area contributed by atoms with Crippen molar-refractivity contribution in [2.45, 2.75) is 46.5 Å². The molecule has 0 radical (unpaired) electrons. The smallest absolute Gasteiger partial charge is 0.261 e. The summed E-state index contributed by atoms with van der Waals surface area (Å²) < 4.78 is 0. The summed E-state index contributed by atoms with van der Waals surface area (Å²) >= 11 is 1.48. The molecule has 0 bridgehead atoms. The van der Waals surface area contributed by atoms with Gasteiger partial charge >= 0.3 is 0 Å². The van der Waals surface area contributed by atoms with Crippen molar-refractivity contribution >= 4 is 33.3 Å². The van der Waals surface area contributed by atoms with Crippen molar-refractivity contribution in [3.8, 4) is 0 Å². The maximum atomic E-state index is 12.5. The second-order valence-electron chi connectivity index (χ2n) is 6.71. The number of piperidine rings is 1. The molecule has 1 fully saturated rings. The van der Waals surface area contributed by atoms with E-state index in [-0.39, 0.29) is 5.91 Å². The number of anilines is 1. The molecular formula is C18H26N4OS. The lowest BCUT2D eigenvalue weighted by molar-refractivity contribution is 0.0957. The van der Waals surface area contributed by atoms with Crippen LogP contribution >= 0.6 is 11.3 Å². The fourth-order valence-electron chi connectivity index (χ4n) is 3.19. The van der Waals surface area contributed by atoms with Gasteiger partial charge in [-0.3, -0.25) is 4.79 Å². The zero-order valence-electron chi connectivity index (χ0n) is 14.8. The Balaban J connectivity index is 1.91. The molecule has 24 heavy (non-hydrogen) atoms. The van der Waals surface area contributed by atoms with Crippen molar-refractivity contribution in [3.05, 3.63) is 16.8 Å². The van der Waals surface area contributed by atoms with Gasteiger partial charge < -0.3 is 10.2 Å². The van der Waals surface area contributed by atoms with Crippen LogP contribution in [0.4, 0.5) is 5.82 Å². The lowest BCUT2D eigenvalue weighted by Gasteiger charge is -2.31. The largest absolute Gasteiger partial charge is 0.356 e. The lowest BCUT2D eigenvalue weighted by Crippen LogP contribution is -2.33. The summed E-state index contributed by atoms with van der Waals surface area (Å²) in [4.78, 5) is 25.5. The van der Waals surface area contributed by atoms with Gasteiger partial charge in [0.2, 0.25) is 0 Å². The molecule has 3 rings (SSSR count). The van der Waals surface area contributed by atoms with Crippen molar-refractivity contribution in [2.24, 2.45) is 5.92 Å². The van der Waals surface area contributed by atoms with Gasteiger partial charge in [-0.25, -0.2) is 9.97 Å². The summed E-state index contributed by atoms with van der Waals surface area (Å²) in [7, 11) is 0. The molecule has 0 atom stereocenters. The van der Waals surface area contributed by atoms with E-state index in [1.165, 1.54) is 24.2 Å². The first-order chi connectivity index (χ1) is 11.6. The van der Waals surface area contributed by atoms with E-state index in [1.54, 1.807) is 6.33 Å². The van der Waals surface area contributed by atoms with Gasteiger partial charge in [0.1, 0.15) is 17.0 Å². The van der Waals surface area contributed by atoms with Crippen LogP contribution in [0, 0.1) is 12.8 Å². The Morgan fingerprint density at radius 2 is 2.12 bits per heavy atom. The van der Waals surface area contributed by atoms with Crippen LogP contribution in [0.15, 0.2) is 6.33 Å². The van der Waals surface area contributed by atoms with Gasteiger partial charge in [-0.05, 0) is 37.7 Å². The van der Waals surface area contributed by atoms with Crippen LogP contribution in [0.1, 0.15) is 54.8 Å². The fourth-order valence-corrected chi connectivity index (χ4v) is 4.25. The summed E-state index contributed by atoms with van der Waals surface area (Å²) in [6.45, 7) is 9.24. The zero-order chi connectivity index (χ0) is 17.1. The predicted molar refractivity (Wildman–Crippen MR) is 100 cm³/mol. The van der Waals surface area contributed by atoms with E-state index in [4.69, 9.17) is 0 Å². The molecule has 1 aliphatic rings. The van der Waals surface area contributed by atoms with E-state index in [2.05, 4.69) is 34.0 Å². The Morgan fingerprint density at radius 1 is 1.38 bits per heavy atom. The molecule has 0 unspecified atom stereocenters. The molecule has 0 aromatic carbocycles. The Labute approximate surface area is 147 Å². The van der Waals surface area contributed by atoms with Crippen LogP contribution in [0.2, 0.25) is 0 Å². The molecule has 5 nitrogen and oxygen atoms in total. The fraction of sp³-hybridized carbons (Fsp3) is 0.611. The van der Waals surface area contributed by atoms with Crippen molar-refractivity contribution < 1.29 is 4.79 Å². The molecule has 1 aliphatic heterocycles. The normalized spacial score (nSPS) is 15.9. The number of hydrogen-bond acceptors (Lipinski definition) is 5. The van der Waals surface area contributed by atoms with E-state index in [0.717, 1.165) is 64.9 Å². The maximum absolute atomic E-state index is 12.5. The molecule has 0 saturated carbocycles. The molecule has 2 aromatic heterocycles. The number of aryl methyl sites for hydroxylation is 1. The monoisotopic (exact) mass is 346 g/mol. The van der Waals surface area contributed by atoms with Crippen LogP contribution in [0.3, 0.4) is 0 Å². The number of aromatic nitrogens is 2. The molecule has 1 amide bonds. The first kappa shape index (κ1) is 17.1. The van der Waals surface area contributed by atoms with Gasteiger partial charge in [0, 0.05) is 19.6 Å². The number of hydrogen-bond donors (Lipinski definition) is 1. The Kier molecular flexibility index (Phi) is 5.33. The van der Waals surface area contributed by atoms with E-state index >= 15 is 0 Å². The summed E-state index contributed by atoms with van der Waals surface area (Å²) in [6.07, 6.45) is 6.10. The highest BCUT2D eigenvalue weighted by Crippen LogP contribution is 2.36. The van der Waals surface area contributed by atoms with Crippen LogP contribution in [-0.2, 0) is 0 Å². The summed E-state index contributed by atoms with van der Waals surface area (Å²) in [6, 6.07) is 0. The molecule has 1 N–H and O–H groups in total. The molecule has 1 saturated heterocycles. The highest BCUT2D eigenvalue weighted by atomic mass is 32.1. The average Bonchev–Trinajstić information content (AvgIpc) is 2.93. The maximum Gasteiger partial charge on any atom is 0.261 e. The number of rotatable bonds is 5. The van der Waals surface area contributed by atoms with Gasteiger partial charge in [-0.2, -0.15) is 0 Å². The first-order valence-corrected chi connectivity index (χ1v) is 9.70. The number of amides is 1. The second-order valence-corrected chi connectivity index (χ2v) is 7.71. The Morgan fingerprint density at radius 3 is 2.83 bits per heavy atom. The van der Waals surface area contributed by atoms with Gasteiger partial charge in [0.05, 0.1) is 10.3 Å². The summed E-state index contributed by atoms with van der Waals surface area (Å²) in [5, 5.41) is 4.07. The number of carbonyl (C=O) groups is 1. The molecule has 0 spiro atoms. The van der Waals surface area contributed by atoms with Crippen molar-refractivity contribution in [3.63, 3.8) is 0 Å². The van der Waals surface area contributed by atoms with E-state index in [1.807, 2.05) is 6.92 Å². The molecule has 0 aliphatic carbocycles. The van der Waals surface area contributed by atoms with Crippen molar-refractivity contribution in [1.29, 1.82) is 0 Å². The number of carbonyl (C=O) groups excluding carboxylic acids is 1. The number of nitrogens with one attached hydrogen (secondary N) is 1. The van der Waals surface area contributed by atoms with Gasteiger partial charge in [-0.15, -0.1) is 11.3 Å². The predicted octanol–water partition coefficient (Wildman–Crippen LogP) is 3.77. The summed E-state index contributed by atoms with van der Waals surface area (Å²) in [5.41, 5.74) is 1.01. The van der Waals surface area contributed by atoms with Gasteiger partial charge in [0.25, 0.3) is 5.91 Å². The Hall–Kier alpha value is -1.69. The SMILES string of the molecule is CCCCNC(=O)c1sc2ncnc(N3CCC(C)CC3)c2c1C. The standard InChI is InChI=1S/C18H26N4OS/c1-4-5-8-19-17(23)15-13(3)14-16(20-11-21-18(14)24-15)22-9-6-12(2)7-10-22/h11-12H,4-10H2,1-3H3,(H,19,23). The lowest BCUT2D eigenvalue weighted by atomic mass is 9.99. The first-order valence-electron chi connectivity index (χ1n) is 8.89. The van der Waals surface area contributed by atoms with E-state index < -0.39 is 0 Å². The van der Waals surface area contributed by atoms with Gasteiger partial charge in [-0.1, -0.05) is 20.3 Å². The van der Waals surface area contributed by atoms with Crippen LogP contribution in [-0.4, -0.2) is 35.5 Å². The van der Waals surface area contributed by atoms with Crippen LogP contribution in [0.25, 0.3) is 10.2 Å².